The molecule has 21 heavy (non-hydrogen) atoms. The highest BCUT2D eigenvalue weighted by atomic mass is 35.5. The molecule has 0 aromatic heterocycles. The summed E-state index contributed by atoms with van der Waals surface area (Å²) in [7, 11) is -1.62. The van der Waals surface area contributed by atoms with Crippen molar-refractivity contribution in [3.05, 3.63) is 64.2 Å². The van der Waals surface area contributed by atoms with Gasteiger partial charge < -0.3 is 5.11 Å². The SMILES string of the molecule is O=C(O)c1cc(S(=O)Cc2ccc(F)cc2Cl)ccc1F. The van der Waals surface area contributed by atoms with Crippen LogP contribution in [-0.4, -0.2) is 15.3 Å². The standard InChI is InChI=1S/C14H9ClF2O3S/c15-12-5-9(16)2-1-8(12)7-21(20)10-3-4-13(17)11(6-10)14(18)19/h1-6H,7H2,(H,18,19). The molecule has 3 nitrogen and oxygen atoms in total. The van der Waals surface area contributed by atoms with Gasteiger partial charge in [-0.2, -0.15) is 0 Å². The van der Waals surface area contributed by atoms with E-state index in [0.717, 1.165) is 18.2 Å². The molecular formula is C14H9ClF2O3S. The molecule has 1 N–H and O–H groups in total. The first-order chi connectivity index (χ1) is 9.88. The fourth-order valence-electron chi connectivity index (χ4n) is 1.67. The normalized spacial score (nSPS) is 12.1. The second-order valence-corrected chi connectivity index (χ2v) is 6.03. The predicted molar refractivity (Wildman–Crippen MR) is 74.9 cm³/mol. The number of hydrogen-bond donors (Lipinski definition) is 1. The third-order valence-electron chi connectivity index (χ3n) is 2.73. The molecule has 7 heteroatoms. The fourth-order valence-corrected chi connectivity index (χ4v) is 3.16. The smallest absolute Gasteiger partial charge is 0.338 e. The number of aromatic carboxylic acids is 1. The van der Waals surface area contributed by atoms with Crippen molar-refractivity contribution in [1.29, 1.82) is 0 Å². The third kappa shape index (κ3) is 3.65. The van der Waals surface area contributed by atoms with Crippen molar-refractivity contribution in [2.24, 2.45) is 0 Å². The molecule has 0 heterocycles. The van der Waals surface area contributed by atoms with E-state index < -0.39 is 34.0 Å². The van der Waals surface area contributed by atoms with Crippen molar-refractivity contribution in [3.8, 4) is 0 Å². The van der Waals surface area contributed by atoms with Crippen LogP contribution in [0.1, 0.15) is 15.9 Å². The van der Waals surface area contributed by atoms with Crippen LogP contribution in [0, 0.1) is 11.6 Å². The number of carboxylic acids is 1. The summed E-state index contributed by atoms with van der Waals surface area (Å²) in [6.07, 6.45) is 0. The van der Waals surface area contributed by atoms with E-state index in [2.05, 4.69) is 0 Å². The summed E-state index contributed by atoms with van der Waals surface area (Å²) in [5, 5.41) is 8.96. The van der Waals surface area contributed by atoms with Crippen LogP contribution >= 0.6 is 11.6 Å². The fraction of sp³-hybridized carbons (Fsp3) is 0.0714. The Kier molecular flexibility index (Phi) is 4.69. The van der Waals surface area contributed by atoms with Gasteiger partial charge in [0.15, 0.2) is 0 Å². The van der Waals surface area contributed by atoms with E-state index in [9.17, 15) is 17.8 Å². The maximum absolute atomic E-state index is 13.3. The van der Waals surface area contributed by atoms with Crippen LogP contribution in [0.5, 0.6) is 0 Å². The molecule has 0 radical (unpaired) electrons. The summed E-state index contributed by atoms with van der Waals surface area (Å²) in [6, 6.07) is 6.90. The summed E-state index contributed by atoms with van der Waals surface area (Å²) >= 11 is 5.84. The minimum atomic E-state index is -1.62. The highest BCUT2D eigenvalue weighted by Crippen LogP contribution is 2.22. The monoisotopic (exact) mass is 330 g/mol. The Morgan fingerprint density at radius 3 is 2.52 bits per heavy atom. The topological polar surface area (TPSA) is 54.4 Å². The molecule has 0 saturated heterocycles. The molecule has 0 aliphatic rings. The van der Waals surface area contributed by atoms with E-state index in [1.165, 1.54) is 18.2 Å². The van der Waals surface area contributed by atoms with Crippen LogP contribution < -0.4 is 0 Å². The van der Waals surface area contributed by atoms with E-state index in [1.807, 2.05) is 0 Å². The average molecular weight is 331 g/mol. The summed E-state index contributed by atoms with van der Waals surface area (Å²) in [4.78, 5) is 11.0. The molecule has 2 rings (SSSR count). The zero-order valence-corrected chi connectivity index (χ0v) is 12.0. The van der Waals surface area contributed by atoms with Crippen molar-refractivity contribution in [2.45, 2.75) is 10.6 Å². The molecule has 0 aliphatic carbocycles. The molecule has 0 aliphatic heterocycles. The minimum absolute atomic E-state index is 0.0240. The molecule has 1 atom stereocenters. The number of rotatable bonds is 4. The van der Waals surface area contributed by atoms with E-state index >= 15 is 0 Å². The molecule has 2 aromatic rings. The van der Waals surface area contributed by atoms with Crippen LogP contribution in [-0.2, 0) is 16.6 Å². The maximum atomic E-state index is 13.3. The number of carbonyl (C=O) groups is 1. The number of halogens is 3. The lowest BCUT2D eigenvalue weighted by Crippen LogP contribution is -2.04. The van der Waals surface area contributed by atoms with E-state index in [1.54, 1.807) is 0 Å². The van der Waals surface area contributed by atoms with Crippen LogP contribution in [0.2, 0.25) is 5.02 Å². The summed E-state index contributed by atoms with van der Waals surface area (Å²) in [6.45, 7) is 0. The highest BCUT2D eigenvalue weighted by molar-refractivity contribution is 7.84. The molecule has 110 valence electrons. The molecule has 1 unspecified atom stereocenters. The molecular weight excluding hydrogens is 322 g/mol. The van der Waals surface area contributed by atoms with Gasteiger partial charge in [-0.25, -0.2) is 13.6 Å². The Bertz CT molecular complexity index is 734. The zero-order chi connectivity index (χ0) is 15.6. The van der Waals surface area contributed by atoms with Crippen LogP contribution in [0.3, 0.4) is 0 Å². The van der Waals surface area contributed by atoms with Gasteiger partial charge in [0, 0.05) is 9.92 Å². The van der Waals surface area contributed by atoms with Gasteiger partial charge in [-0.3, -0.25) is 4.21 Å². The van der Waals surface area contributed by atoms with Crippen LogP contribution in [0.25, 0.3) is 0 Å². The second-order valence-electron chi connectivity index (χ2n) is 4.17. The highest BCUT2D eigenvalue weighted by Gasteiger charge is 2.15. The van der Waals surface area contributed by atoms with Crippen LogP contribution in [0.15, 0.2) is 41.3 Å². The number of benzene rings is 2. The van der Waals surface area contributed by atoms with Gasteiger partial charge in [-0.1, -0.05) is 17.7 Å². The lowest BCUT2D eigenvalue weighted by Gasteiger charge is -2.06. The van der Waals surface area contributed by atoms with Gasteiger partial charge in [0.05, 0.1) is 22.1 Å². The quantitative estimate of drug-likeness (QED) is 0.931. The van der Waals surface area contributed by atoms with Crippen molar-refractivity contribution >= 4 is 28.4 Å². The molecule has 0 fully saturated rings. The second kappa shape index (κ2) is 6.32. The lowest BCUT2D eigenvalue weighted by atomic mass is 10.2. The summed E-state index contributed by atoms with van der Waals surface area (Å²) in [5.41, 5.74) is -0.0938. The summed E-state index contributed by atoms with van der Waals surface area (Å²) in [5.74, 6) is -2.87. The largest absolute Gasteiger partial charge is 0.478 e. The average Bonchev–Trinajstić information content (AvgIpc) is 2.42. The van der Waals surface area contributed by atoms with Gasteiger partial charge in [0.2, 0.25) is 0 Å². The molecule has 0 amide bonds. The van der Waals surface area contributed by atoms with Gasteiger partial charge in [-0.15, -0.1) is 0 Å². The van der Waals surface area contributed by atoms with E-state index in [-0.39, 0.29) is 15.7 Å². The van der Waals surface area contributed by atoms with Crippen molar-refractivity contribution < 1.29 is 22.9 Å². The number of carboxylic acid groups (broad SMARTS) is 1. The first kappa shape index (κ1) is 15.6. The first-order valence-electron chi connectivity index (χ1n) is 5.73. The Balaban J connectivity index is 2.28. The molecule has 0 spiro atoms. The molecule has 0 saturated carbocycles. The number of hydrogen-bond acceptors (Lipinski definition) is 2. The van der Waals surface area contributed by atoms with Gasteiger partial charge in [0.25, 0.3) is 0 Å². The first-order valence-corrected chi connectivity index (χ1v) is 7.43. The minimum Gasteiger partial charge on any atom is -0.478 e. The third-order valence-corrected chi connectivity index (χ3v) is 4.44. The molecule has 0 bridgehead atoms. The lowest BCUT2D eigenvalue weighted by molar-refractivity contribution is 0.0691. The molecule has 2 aromatic carbocycles. The van der Waals surface area contributed by atoms with E-state index in [0.29, 0.717) is 5.56 Å². The van der Waals surface area contributed by atoms with Gasteiger partial charge in [-0.05, 0) is 35.9 Å². The Labute approximate surface area is 126 Å². The van der Waals surface area contributed by atoms with Crippen molar-refractivity contribution in [1.82, 2.24) is 0 Å². The van der Waals surface area contributed by atoms with Crippen molar-refractivity contribution in [3.63, 3.8) is 0 Å². The Hall–Kier alpha value is -1.79. The van der Waals surface area contributed by atoms with Crippen molar-refractivity contribution in [2.75, 3.05) is 0 Å². The maximum Gasteiger partial charge on any atom is 0.338 e. The van der Waals surface area contributed by atoms with E-state index in [4.69, 9.17) is 16.7 Å². The zero-order valence-electron chi connectivity index (χ0n) is 10.5. The van der Waals surface area contributed by atoms with Gasteiger partial charge in [0.1, 0.15) is 11.6 Å². The van der Waals surface area contributed by atoms with Gasteiger partial charge >= 0.3 is 5.97 Å². The summed E-state index contributed by atoms with van der Waals surface area (Å²) < 4.78 is 38.4. The predicted octanol–water partition coefficient (Wildman–Crippen LogP) is 3.62. The Morgan fingerprint density at radius 1 is 1.19 bits per heavy atom. The Morgan fingerprint density at radius 2 is 1.90 bits per heavy atom. The van der Waals surface area contributed by atoms with Crippen LogP contribution in [0.4, 0.5) is 8.78 Å².